The maximum Gasteiger partial charge on any atom is 0.253 e. The molecule has 0 aliphatic carbocycles. The maximum atomic E-state index is 12.2. The van der Waals surface area contributed by atoms with Gasteiger partial charge in [-0.2, -0.15) is 0 Å². The second-order valence-electron chi connectivity index (χ2n) is 6.28. The summed E-state index contributed by atoms with van der Waals surface area (Å²) in [5.41, 5.74) is 0.980. The average Bonchev–Trinajstić information content (AvgIpc) is 2.91. The first-order valence-corrected chi connectivity index (χ1v) is 7.09. The third-order valence-electron chi connectivity index (χ3n) is 3.46. The second kappa shape index (κ2) is 5.65. The van der Waals surface area contributed by atoms with E-state index in [4.69, 9.17) is 0 Å². The van der Waals surface area contributed by atoms with E-state index >= 15 is 0 Å². The number of nitrogens with zero attached hydrogens (tertiary/aromatic N) is 1. The van der Waals surface area contributed by atoms with Crippen LogP contribution in [-0.4, -0.2) is 29.8 Å². The van der Waals surface area contributed by atoms with Crippen molar-refractivity contribution in [2.75, 3.05) is 18.4 Å². The fraction of sp³-hybridized carbons (Fsp3) is 0.500. The van der Waals surface area contributed by atoms with E-state index < -0.39 is 5.41 Å². The Balaban J connectivity index is 2.03. The molecule has 0 spiro atoms. The first-order chi connectivity index (χ1) is 9.38. The van der Waals surface area contributed by atoms with Gasteiger partial charge in [0.2, 0.25) is 5.91 Å². The highest BCUT2D eigenvalue weighted by Crippen LogP contribution is 2.19. The van der Waals surface area contributed by atoms with Crippen LogP contribution in [0.3, 0.4) is 0 Å². The van der Waals surface area contributed by atoms with Crippen molar-refractivity contribution in [1.82, 2.24) is 4.90 Å². The van der Waals surface area contributed by atoms with E-state index in [0.29, 0.717) is 5.56 Å². The van der Waals surface area contributed by atoms with Crippen molar-refractivity contribution in [3.8, 4) is 0 Å². The van der Waals surface area contributed by atoms with Crippen molar-refractivity contribution in [2.45, 2.75) is 33.6 Å². The summed E-state index contributed by atoms with van der Waals surface area (Å²) >= 11 is 0. The molecule has 0 radical (unpaired) electrons. The zero-order valence-electron chi connectivity index (χ0n) is 12.4. The molecule has 1 fully saturated rings. The Morgan fingerprint density at radius 3 is 2.10 bits per heavy atom. The summed E-state index contributed by atoms with van der Waals surface area (Å²) in [6.45, 7) is 7.30. The van der Waals surface area contributed by atoms with E-state index in [1.54, 1.807) is 24.3 Å². The van der Waals surface area contributed by atoms with Gasteiger partial charge in [0.05, 0.1) is 0 Å². The summed E-state index contributed by atoms with van der Waals surface area (Å²) in [4.78, 5) is 25.9. The minimum atomic E-state index is -0.427. The summed E-state index contributed by atoms with van der Waals surface area (Å²) in [6, 6.07) is 7.12. The predicted molar refractivity (Wildman–Crippen MR) is 79.7 cm³/mol. The van der Waals surface area contributed by atoms with Gasteiger partial charge < -0.3 is 10.2 Å². The lowest BCUT2D eigenvalue weighted by Gasteiger charge is -2.18. The molecule has 2 amide bonds. The largest absolute Gasteiger partial charge is 0.339 e. The number of likely N-dealkylation sites (tertiary alicyclic amines) is 1. The van der Waals surface area contributed by atoms with Crippen LogP contribution >= 0.6 is 0 Å². The highest BCUT2D eigenvalue weighted by Gasteiger charge is 2.22. The standard InChI is InChI=1S/C16H22N2O2/c1-16(2,3)15(20)17-13-8-6-12(7-9-13)14(19)18-10-4-5-11-18/h6-9H,4-5,10-11H2,1-3H3,(H,17,20). The lowest BCUT2D eigenvalue weighted by molar-refractivity contribution is -0.123. The van der Waals surface area contributed by atoms with Gasteiger partial charge >= 0.3 is 0 Å². The number of benzene rings is 1. The molecule has 1 heterocycles. The van der Waals surface area contributed by atoms with E-state index in [1.165, 1.54) is 0 Å². The molecular formula is C16H22N2O2. The number of carbonyl (C=O) groups is 2. The van der Waals surface area contributed by atoms with Crippen LogP contribution in [0.5, 0.6) is 0 Å². The smallest absolute Gasteiger partial charge is 0.253 e. The highest BCUT2D eigenvalue weighted by atomic mass is 16.2. The monoisotopic (exact) mass is 274 g/mol. The number of anilines is 1. The second-order valence-corrected chi connectivity index (χ2v) is 6.28. The molecule has 1 aliphatic heterocycles. The summed E-state index contributed by atoms with van der Waals surface area (Å²) in [6.07, 6.45) is 2.18. The summed E-state index contributed by atoms with van der Waals surface area (Å²) in [7, 11) is 0. The van der Waals surface area contributed by atoms with Crippen LogP contribution in [0.1, 0.15) is 44.0 Å². The molecule has 1 aromatic rings. The van der Waals surface area contributed by atoms with E-state index in [9.17, 15) is 9.59 Å². The zero-order valence-corrected chi connectivity index (χ0v) is 12.4. The minimum Gasteiger partial charge on any atom is -0.339 e. The van der Waals surface area contributed by atoms with E-state index in [2.05, 4.69) is 5.32 Å². The third-order valence-corrected chi connectivity index (χ3v) is 3.46. The number of amides is 2. The quantitative estimate of drug-likeness (QED) is 0.901. The van der Waals surface area contributed by atoms with Crippen LogP contribution in [0.15, 0.2) is 24.3 Å². The lowest BCUT2D eigenvalue weighted by Crippen LogP contribution is -2.28. The Kier molecular flexibility index (Phi) is 4.12. The van der Waals surface area contributed by atoms with E-state index in [1.807, 2.05) is 25.7 Å². The number of hydrogen-bond acceptors (Lipinski definition) is 2. The molecule has 108 valence electrons. The Morgan fingerprint density at radius 1 is 1.05 bits per heavy atom. The molecular weight excluding hydrogens is 252 g/mol. The van der Waals surface area contributed by atoms with Crippen molar-refractivity contribution in [3.05, 3.63) is 29.8 Å². The average molecular weight is 274 g/mol. The van der Waals surface area contributed by atoms with Crippen LogP contribution in [-0.2, 0) is 4.79 Å². The molecule has 4 heteroatoms. The number of hydrogen-bond donors (Lipinski definition) is 1. The zero-order chi connectivity index (χ0) is 14.8. The first kappa shape index (κ1) is 14.6. The van der Waals surface area contributed by atoms with Gasteiger partial charge in [0.15, 0.2) is 0 Å². The van der Waals surface area contributed by atoms with Crippen LogP contribution < -0.4 is 5.32 Å². The minimum absolute atomic E-state index is 0.0314. The van der Waals surface area contributed by atoms with E-state index in [-0.39, 0.29) is 11.8 Å². The molecule has 2 rings (SSSR count). The Hall–Kier alpha value is -1.84. The van der Waals surface area contributed by atoms with Crippen molar-refractivity contribution in [2.24, 2.45) is 5.41 Å². The summed E-state index contributed by atoms with van der Waals surface area (Å²) in [5, 5.41) is 2.85. The van der Waals surface area contributed by atoms with Crippen molar-refractivity contribution in [3.63, 3.8) is 0 Å². The van der Waals surface area contributed by atoms with Crippen LogP contribution in [0.4, 0.5) is 5.69 Å². The van der Waals surface area contributed by atoms with Gasteiger partial charge in [-0.05, 0) is 37.1 Å². The SMILES string of the molecule is CC(C)(C)C(=O)Nc1ccc(C(=O)N2CCCC2)cc1. The van der Waals surface area contributed by atoms with Gasteiger partial charge in [0.25, 0.3) is 5.91 Å². The molecule has 20 heavy (non-hydrogen) atoms. The lowest BCUT2D eigenvalue weighted by atomic mass is 9.95. The normalized spacial score (nSPS) is 15.2. The molecule has 1 saturated heterocycles. The number of carbonyl (C=O) groups excluding carboxylic acids is 2. The van der Waals surface area contributed by atoms with Gasteiger partial charge in [-0.1, -0.05) is 20.8 Å². The summed E-state index contributed by atoms with van der Waals surface area (Å²) in [5.74, 6) is 0.0484. The van der Waals surface area contributed by atoms with Crippen molar-refractivity contribution in [1.29, 1.82) is 0 Å². The molecule has 4 nitrogen and oxygen atoms in total. The topological polar surface area (TPSA) is 49.4 Å². The van der Waals surface area contributed by atoms with Crippen LogP contribution in [0.25, 0.3) is 0 Å². The number of nitrogens with one attached hydrogen (secondary N) is 1. The third kappa shape index (κ3) is 3.38. The van der Waals surface area contributed by atoms with Gasteiger partial charge in [0, 0.05) is 29.8 Å². The molecule has 1 N–H and O–H groups in total. The molecule has 0 aromatic heterocycles. The van der Waals surface area contributed by atoms with E-state index in [0.717, 1.165) is 31.6 Å². The molecule has 0 unspecified atom stereocenters. The molecule has 1 aromatic carbocycles. The molecule has 0 saturated carbocycles. The Labute approximate surface area is 120 Å². The van der Waals surface area contributed by atoms with Crippen LogP contribution in [0, 0.1) is 5.41 Å². The highest BCUT2D eigenvalue weighted by molar-refractivity contribution is 5.97. The molecule has 1 aliphatic rings. The fourth-order valence-corrected chi connectivity index (χ4v) is 2.12. The van der Waals surface area contributed by atoms with Gasteiger partial charge in [-0.3, -0.25) is 9.59 Å². The first-order valence-electron chi connectivity index (χ1n) is 7.09. The maximum absolute atomic E-state index is 12.2. The van der Waals surface area contributed by atoms with Gasteiger partial charge in [0.1, 0.15) is 0 Å². The fourth-order valence-electron chi connectivity index (χ4n) is 2.12. The number of rotatable bonds is 2. The van der Waals surface area contributed by atoms with Crippen molar-refractivity contribution >= 4 is 17.5 Å². The summed E-state index contributed by atoms with van der Waals surface area (Å²) < 4.78 is 0. The molecule has 0 bridgehead atoms. The Morgan fingerprint density at radius 2 is 1.60 bits per heavy atom. The van der Waals surface area contributed by atoms with Crippen molar-refractivity contribution < 1.29 is 9.59 Å². The molecule has 0 atom stereocenters. The van der Waals surface area contributed by atoms with Gasteiger partial charge in [-0.15, -0.1) is 0 Å². The van der Waals surface area contributed by atoms with Gasteiger partial charge in [-0.25, -0.2) is 0 Å². The van der Waals surface area contributed by atoms with Crippen LogP contribution in [0.2, 0.25) is 0 Å². The Bertz CT molecular complexity index is 494. The predicted octanol–water partition coefficient (Wildman–Crippen LogP) is 2.91.